The lowest BCUT2D eigenvalue weighted by molar-refractivity contribution is 1.62. The van der Waals surface area contributed by atoms with Gasteiger partial charge in [-0.3, -0.25) is 0 Å². The summed E-state index contributed by atoms with van der Waals surface area (Å²) in [6.07, 6.45) is 7.89. The largest absolute Gasteiger partial charge is 0.0918 e. The predicted octanol–water partition coefficient (Wildman–Crippen LogP) is 5.02. The Kier molecular flexibility index (Phi) is 4.32. The fraction of sp³-hybridized carbons (Fsp3) is 0. The van der Waals surface area contributed by atoms with Gasteiger partial charge in [-0.15, -0.1) is 0 Å². The molecule has 88 valence electrons. The fourth-order valence-corrected chi connectivity index (χ4v) is 1.68. The van der Waals surface area contributed by atoms with E-state index in [1.54, 1.807) is 0 Å². The van der Waals surface area contributed by atoms with E-state index in [1.165, 1.54) is 11.1 Å². The van der Waals surface area contributed by atoms with Crippen LogP contribution in [0, 0.1) is 0 Å². The molecule has 0 radical (unpaired) electrons. The van der Waals surface area contributed by atoms with E-state index in [9.17, 15) is 0 Å². The first kappa shape index (κ1) is 12.1. The van der Waals surface area contributed by atoms with Crippen LogP contribution in [-0.2, 0) is 0 Å². The van der Waals surface area contributed by atoms with Gasteiger partial charge >= 0.3 is 0 Å². The number of rotatable bonds is 1. The molecule has 0 heteroatoms. The molecule has 1 aliphatic rings. The van der Waals surface area contributed by atoms with E-state index < -0.39 is 0 Å². The van der Waals surface area contributed by atoms with Crippen molar-refractivity contribution >= 4 is 0 Å². The number of hydrogen-bond acceptors (Lipinski definition) is 0. The normalized spacial score (nSPS) is 12.1. The van der Waals surface area contributed by atoms with Crippen LogP contribution in [0.25, 0.3) is 11.1 Å². The molecule has 3 rings (SSSR count). The Balaban J connectivity index is 0.000000169. The van der Waals surface area contributed by atoms with Crippen LogP contribution in [0.2, 0.25) is 0 Å². The highest BCUT2D eigenvalue weighted by molar-refractivity contribution is 5.62. The Hall–Kier alpha value is -2.34. The maximum Gasteiger partial charge on any atom is -0.0184 e. The van der Waals surface area contributed by atoms with Gasteiger partial charge < -0.3 is 0 Å². The fourth-order valence-electron chi connectivity index (χ4n) is 1.68. The zero-order chi connectivity index (χ0) is 12.6. The van der Waals surface area contributed by atoms with E-state index in [-0.39, 0.29) is 0 Å². The molecule has 0 atom stereocenters. The number of allylic oxidation sites excluding steroid dienone is 5. The monoisotopic (exact) mass is 232 g/mol. The predicted molar refractivity (Wildman–Crippen MR) is 79.3 cm³/mol. The lowest BCUT2D eigenvalue weighted by atomic mass is 10.1. The van der Waals surface area contributed by atoms with Crippen molar-refractivity contribution in [2.45, 2.75) is 0 Å². The van der Waals surface area contributed by atoms with Gasteiger partial charge in [0.2, 0.25) is 0 Å². The minimum atomic E-state index is 1.09. The van der Waals surface area contributed by atoms with E-state index in [0.29, 0.717) is 0 Å². The second-order valence-corrected chi connectivity index (χ2v) is 4.03. The van der Waals surface area contributed by atoms with Crippen molar-refractivity contribution in [3.63, 3.8) is 0 Å². The van der Waals surface area contributed by atoms with Gasteiger partial charge in [0.15, 0.2) is 0 Å². The third-order valence-electron chi connectivity index (χ3n) is 2.61. The molecule has 0 amide bonds. The Morgan fingerprint density at radius 2 is 0.944 bits per heavy atom. The zero-order valence-electron chi connectivity index (χ0n) is 10.3. The maximum absolute atomic E-state index is 3.68. The van der Waals surface area contributed by atoms with Gasteiger partial charge in [-0.05, 0) is 16.7 Å². The first-order valence-electron chi connectivity index (χ1n) is 6.00. The SMILES string of the molecule is C=C1C=CC=C1.c1ccc(-c2ccccc2)cc1. The van der Waals surface area contributed by atoms with Crippen molar-refractivity contribution in [2.24, 2.45) is 0 Å². The first-order chi connectivity index (χ1) is 8.86. The van der Waals surface area contributed by atoms with Crippen LogP contribution in [0.5, 0.6) is 0 Å². The molecule has 0 saturated carbocycles. The van der Waals surface area contributed by atoms with E-state index in [4.69, 9.17) is 0 Å². The highest BCUT2D eigenvalue weighted by Gasteiger charge is 1.91. The summed E-state index contributed by atoms with van der Waals surface area (Å²) < 4.78 is 0. The molecule has 0 fully saturated rings. The van der Waals surface area contributed by atoms with Crippen molar-refractivity contribution in [1.82, 2.24) is 0 Å². The topological polar surface area (TPSA) is 0 Å². The molecule has 0 aliphatic heterocycles. The van der Waals surface area contributed by atoms with Crippen LogP contribution in [0.1, 0.15) is 0 Å². The summed E-state index contributed by atoms with van der Waals surface area (Å²) in [5.41, 5.74) is 3.64. The van der Waals surface area contributed by atoms with Crippen molar-refractivity contribution in [3.05, 3.63) is 97.1 Å². The molecular formula is C18H16. The second-order valence-electron chi connectivity index (χ2n) is 4.03. The summed E-state index contributed by atoms with van der Waals surface area (Å²) in [6, 6.07) is 20.8. The van der Waals surface area contributed by atoms with E-state index in [2.05, 4.69) is 55.1 Å². The molecule has 0 nitrogen and oxygen atoms in total. The van der Waals surface area contributed by atoms with E-state index in [1.807, 2.05) is 36.4 Å². The van der Waals surface area contributed by atoms with Crippen LogP contribution in [0.15, 0.2) is 97.1 Å². The molecule has 18 heavy (non-hydrogen) atoms. The molecule has 1 aliphatic carbocycles. The minimum absolute atomic E-state index is 1.09. The quantitative estimate of drug-likeness (QED) is 0.647. The van der Waals surface area contributed by atoms with Crippen LogP contribution in [-0.4, -0.2) is 0 Å². The number of hydrogen-bond donors (Lipinski definition) is 0. The van der Waals surface area contributed by atoms with Crippen LogP contribution in [0.3, 0.4) is 0 Å². The molecule has 0 bridgehead atoms. The zero-order valence-corrected chi connectivity index (χ0v) is 10.3. The van der Waals surface area contributed by atoms with Gasteiger partial charge in [0.1, 0.15) is 0 Å². The van der Waals surface area contributed by atoms with Crippen LogP contribution in [0.4, 0.5) is 0 Å². The molecule has 2 aromatic carbocycles. The molecule has 0 aromatic heterocycles. The standard InChI is InChI=1S/C12H10.C6H6/c1-3-7-11(8-4-1)12-9-5-2-6-10-12;1-6-4-2-3-5-6/h1-10H;2-5H,1H2. The summed E-state index contributed by atoms with van der Waals surface area (Å²) in [7, 11) is 0. The summed E-state index contributed by atoms with van der Waals surface area (Å²) in [6.45, 7) is 3.68. The molecule has 2 aromatic rings. The maximum atomic E-state index is 3.68. The second kappa shape index (κ2) is 6.41. The molecule has 0 N–H and O–H groups in total. The van der Waals surface area contributed by atoms with Gasteiger partial charge in [0.05, 0.1) is 0 Å². The van der Waals surface area contributed by atoms with Gasteiger partial charge in [0.25, 0.3) is 0 Å². The lowest BCUT2D eigenvalue weighted by Gasteiger charge is -1.98. The Morgan fingerprint density at radius 1 is 0.556 bits per heavy atom. The van der Waals surface area contributed by atoms with Gasteiger partial charge in [-0.2, -0.15) is 0 Å². The summed E-state index contributed by atoms with van der Waals surface area (Å²) in [4.78, 5) is 0. The summed E-state index contributed by atoms with van der Waals surface area (Å²) in [5.74, 6) is 0. The van der Waals surface area contributed by atoms with Gasteiger partial charge in [0, 0.05) is 0 Å². The Labute approximate surface area is 109 Å². The van der Waals surface area contributed by atoms with Crippen molar-refractivity contribution < 1.29 is 0 Å². The van der Waals surface area contributed by atoms with Crippen molar-refractivity contribution in [1.29, 1.82) is 0 Å². The average Bonchev–Trinajstić information content (AvgIpc) is 2.93. The van der Waals surface area contributed by atoms with Gasteiger partial charge in [-0.1, -0.05) is 91.5 Å². The lowest BCUT2D eigenvalue weighted by Crippen LogP contribution is -1.73. The van der Waals surface area contributed by atoms with Crippen LogP contribution < -0.4 is 0 Å². The summed E-state index contributed by atoms with van der Waals surface area (Å²) >= 11 is 0. The number of benzene rings is 2. The molecule has 0 spiro atoms. The molecule has 0 heterocycles. The Bertz CT molecular complexity index is 494. The first-order valence-corrected chi connectivity index (χ1v) is 6.00. The molecular weight excluding hydrogens is 216 g/mol. The smallest absolute Gasteiger partial charge is 0.0184 e. The van der Waals surface area contributed by atoms with E-state index >= 15 is 0 Å². The van der Waals surface area contributed by atoms with Crippen molar-refractivity contribution in [2.75, 3.05) is 0 Å². The Morgan fingerprint density at radius 3 is 1.22 bits per heavy atom. The molecule has 0 unspecified atom stereocenters. The highest BCUT2D eigenvalue weighted by atomic mass is 14.0. The molecule has 0 saturated heterocycles. The highest BCUT2D eigenvalue weighted by Crippen LogP contribution is 2.17. The summed E-state index contributed by atoms with van der Waals surface area (Å²) in [5, 5.41) is 0. The third kappa shape index (κ3) is 3.60. The minimum Gasteiger partial charge on any atom is -0.0918 e. The third-order valence-corrected chi connectivity index (χ3v) is 2.61. The van der Waals surface area contributed by atoms with Crippen molar-refractivity contribution in [3.8, 4) is 11.1 Å². The van der Waals surface area contributed by atoms with E-state index in [0.717, 1.165) is 5.57 Å². The van der Waals surface area contributed by atoms with Gasteiger partial charge in [-0.25, -0.2) is 0 Å². The average molecular weight is 232 g/mol. The van der Waals surface area contributed by atoms with Crippen LogP contribution >= 0.6 is 0 Å².